The Kier molecular flexibility index (Phi) is 3.73. The molecule has 0 aromatic carbocycles. The van der Waals surface area contributed by atoms with E-state index in [4.69, 9.17) is 23.2 Å². The summed E-state index contributed by atoms with van der Waals surface area (Å²) in [7, 11) is 0. The summed E-state index contributed by atoms with van der Waals surface area (Å²) in [5.41, 5.74) is 0. The molecule has 0 amide bonds. The molecule has 1 aromatic heterocycles. The van der Waals surface area contributed by atoms with Crippen molar-refractivity contribution in [3.8, 4) is 0 Å². The first-order chi connectivity index (χ1) is 5.33. The van der Waals surface area contributed by atoms with Crippen molar-refractivity contribution in [2.45, 2.75) is 19.4 Å². The van der Waals surface area contributed by atoms with Gasteiger partial charge in [0.1, 0.15) is 0 Å². The van der Waals surface area contributed by atoms with Crippen molar-refractivity contribution < 1.29 is 0 Å². The van der Waals surface area contributed by atoms with Gasteiger partial charge in [-0.15, -0.1) is 11.6 Å². The van der Waals surface area contributed by atoms with Gasteiger partial charge in [-0.05, 0) is 12.8 Å². The van der Waals surface area contributed by atoms with Gasteiger partial charge < -0.3 is 0 Å². The molecule has 4 heteroatoms. The SMILES string of the molecule is ClCCCCn1cc(Cl)cn1. The molecule has 0 spiro atoms. The summed E-state index contributed by atoms with van der Waals surface area (Å²) in [4.78, 5) is 0. The minimum atomic E-state index is 0.691. The fraction of sp³-hybridized carbons (Fsp3) is 0.571. The van der Waals surface area contributed by atoms with Crippen LogP contribution in [0.4, 0.5) is 0 Å². The van der Waals surface area contributed by atoms with Crippen molar-refractivity contribution in [1.82, 2.24) is 9.78 Å². The first-order valence-electron chi connectivity index (χ1n) is 3.57. The molecule has 62 valence electrons. The third-order valence-corrected chi connectivity index (χ3v) is 1.84. The highest BCUT2D eigenvalue weighted by molar-refractivity contribution is 6.30. The van der Waals surface area contributed by atoms with Crippen LogP contribution >= 0.6 is 23.2 Å². The van der Waals surface area contributed by atoms with Gasteiger partial charge in [-0.2, -0.15) is 5.10 Å². The van der Waals surface area contributed by atoms with Crippen LogP contribution in [-0.2, 0) is 6.54 Å². The molecule has 11 heavy (non-hydrogen) atoms. The lowest BCUT2D eigenvalue weighted by Crippen LogP contribution is -1.97. The maximum atomic E-state index is 5.66. The summed E-state index contributed by atoms with van der Waals surface area (Å²) < 4.78 is 1.83. The first kappa shape index (κ1) is 8.88. The fourth-order valence-corrected chi connectivity index (χ4v) is 1.17. The Labute approximate surface area is 76.1 Å². The summed E-state index contributed by atoms with van der Waals surface area (Å²) in [5.74, 6) is 0.717. The Morgan fingerprint density at radius 3 is 2.82 bits per heavy atom. The predicted molar refractivity (Wildman–Crippen MR) is 47.2 cm³/mol. The molecule has 0 N–H and O–H groups in total. The van der Waals surface area contributed by atoms with E-state index < -0.39 is 0 Å². The van der Waals surface area contributed by atoms with Gasteiger partial charge in [0.05, 0.1) is 11.2 Å². The minimum absolute atomic E-state index is 0.691. The monoisotopic (exact) mass is 192 g/mol. The number of aryl methyl sites for hydroxylation is 1. The van der Waals surface area contributed by atoms with Crippen molar-refractivity contribution in [2.75, 3.05) is 5.88 Å². The smallest absolute Gasteiger partial charge is 0.0785 e. The third-order valence-electron chi connectivity index (χ3n) is 1.37. The Balaban J connectivity index is 2.27. The molecule has 1 aromatic rings. The van der Waals surface area contributed by atoms with E-state index in [1.165, 1.54) is 0 Å². The average Bonchev–Trinajstić information content (AvgIpc) is 2.37. The molecule has 1 heterocycles. The molecule has 0 radical (unpaired) electrons. The van der Waals surface area contributed by atoms with Crippen molar-refractivity contribution >= 4 is 23.2 Å². The zero-order valence-corrected chi connectivity index (χ0v) is 7.65. The van der Waals surface area contributed by atoms with E-state index in [1.54, 1.807) is 6.20 Å². The van der Waals surface area contributed by atoms with E-state index in [0.29, 0.717) is 5.02 Å². The summed E-state index contributed by atoms with van der Waals surface area (Å²) in [6, 6.07) is 0. The van der Waals surface area contributed by atoms with Crippen LogP contribution in [0.25, 0.3) is 0 Å². The summed E-state index contributed by atoms with van der Waals surface area (Å²) in [6.07, 6.45) is 5.54. The van der Waals surface area contributed by atoms with Gasteiger partial charge in [0.2, 0.25) is 0 Å². The van der Waals surface area contributed by atoms with Crippen molar-refractivity contribution in [3.05, 3.63) is 17.4 Å². The lowest BCUT2D eigenvalue weighted by molar-refractivity contribution is 0.573. The Morgan fingerprint density at radius 2 is 2.27 bits per heavy atom. The molecular weight excluding hydrogens is 183 g/mol. The largest absolute Gasteiger partial charge is 0.271 e. The normalized spacial score (nSPS) is 10.4. The zero-order valence-electron chi connectivity index (χ0n) is 6.13. The number of unbranched alkanes of at least 4 members (excludes halogenated alkanes) is 1. The van der Waals surface area contributed by atoms with Gasteiger partial charge in [0.25, 0.3) is 0 Å². The van der Waals surface area contributed by atoms with Gasteiger partial charge in [-0.3, -0.25) is 4.68 Å². The Bertz CT molecular complexity index is 210. The quantitative estimate of drug-likeness (QED) is 0.530. The number of hydrogen-bond acceptors (Lipinski definition) is 1. The molecule has 0 fully saturated rings. The van der Waals surface area contributed by atoms with E-state index in [9.17, 15) is 0 Å². The third kappa shape index (κ3) is 3.12. The van der Waals surface area contributed by atoms with E-state index in [2.05, 4.69) is 5.10 Å². The topological polar surface area (TPSA) is 17.8 Å². The maximum absolute atomic E-state index is 5.66. The highest BCUT2D eigenvalue weighted by Gasteiger charge is 1.93. The van der Waals surface area contributed by atoms with Crippen molar-refractivity contribution in [1.29, 1.82) is 0 Å². The summed E-state index contributed by atoms with van der Waals surface area (Å²) in [6.45, 7) is 0.902. The average molecular weight is 193 g/mol. The summed E-state index contributed by atoms with van der Waals surface area (Å²) in [5, 5.41) is 4.72. The Morgan fingerprint density at radius 1 is 1.45 bits per heavy atom. The Hall–Kier alpha value is -0.210. The highest BCUT2D eigenvalue weighted by atomic mass is 35.5. The van der Waals surface area contributed by atoms with Gasteiger partial charge in [-0.25, -0.2) is 0 Å². The van der Waals surface area contributed by atoms with Crippen molar-refractivity contribution in [3.63, 3.8) is 0 Å². The van der Waals surface area contributed by atoms with Gasteiger partial charge in [0.15, 0.2) is 0 Å². The van der Waals surface area contributed by atoms with E-state index >= 15 is 0 Å². The maximum Gasteiger partial charge on any atom is 0.0785 e. The van der Waals surface area contributed by atoms with E-state index in [1.807, 2.05) is 10.9 Å². The first-order valence-corrected chi connectivity index (χ1v) is 4.48. The van der Waals surface area contributed by atoms with Crippen LogP contribution in [0.15, 0.2) is 12.4 Å². The van der Waals surface area contributed by atoms with Gasteiger partial charge in [-0.1, -0.05) is 11.6 Å². The highest BCUT2D eigenvalue weighted by Crippen LogP contribution is 2.05. The van der Waals surface area contributed by atoms with Crippen LogP contribution in [0.5, 0.6) is 0 Å². The molecule has 0 aliphatic heterocycles. The molecule has 0 atom stereocenters. The number of nitrogens with zero attached hydrogens (tertiary/aromatic N) is 2. The number of halogens is 2. The molecule has 0 unspecified atom stereocenters. The molecule has 0 aliphatic rings. The second kappa shape index (κ2) is 4.62. The van der Waals surface area contributed by atoms with Crippen LogP contribution in [0.3, 0.4) is 0 Å². The summed E-state index contributed by atoms with van der Waals surface area (Å²) >= 11 is 11.2. The van der Waals surface area contributed by atoms with E-state index in [-0.39, 0.29) is 0 Å². The second-order valence-electron chi connectivity index (χ2n) is 2.32. The standard InChI is InChI=1S/C7H10Cl2N2/c8-3-1-2-4-11-6-7(9)5-10-11/h5-6H,1-4H2. The molecular formula is C7H10Cl2N2. The van der Waals surface area contributed by atoms with Crippen molar-refractivity contribution in [2.24, 2.45) is 0 Å². The molecule has 0 saturated heterocycles. The fourth-order valence-electron chi connectivity index (χ4n) is 0.829. The molecule has 0 saturated carbocycles. The minimum Gasteiger partial charge on any atom is -0.271 e. The molecule has 0 aliphatic carbocycles. The number of alkyl halides is 1. The number of hydrogen-bond donors (Lipinski definition) is 0. The molecule has 2 nitrogen and oxygen atoms in total. The predicted octanol–water partition coefficient (Wildman–Crippen LogP) is 2.56. The van der Waals surface area contributed by atoms with E-state index in [0.717, 1.165) is 25.3 Å². The van der Waals surface area contributed by atoms with Crippen LogP contribution < -0.4 is 0 Å². The molecule has 0 bridgehead atoms. The van der Waals surface area contributed by atoms with Gasteiger partial charge >= 0.3 is 0 Å². The second-order valence-corrected chi connectivity index (χ2v) is 3.13. The molecule has 1 rings (SSSR count). The lowest BCUT2D eigenvalue weighted by atomic mass is 10.3. The van der Waals surface area contributed by atoms with Crippen LogP contribution in [0.1, 0.15) is 12.8 Å². The zero-order chi connectivity index (χ0) is 8.10. The van der Waals surface area contributed by atoms with Crippen LogP contribution in [-0.4, -0.2) is 15.7 Å². The van der Waals surface area contributed by atoms with Crippen LogP contribution in [0, 0.1) is 0 Å². The lowest BCUT2D eigenvalue weighted by Gasteiger charge is -1.97. The van der Waals surface area contributed by atoms with Gasteiger partial charge in [0, 0.05) is 18.6 Å². The number of rotatable bonds is 4. The van der Waals surface area contributed by atoms with Crippen LogP contribution in [0.2, 0.25) is 5.02 Å². The number of aromatic nitrogens is 2.